The Morgan fingerprint density at radius 3 is 0.759 bits per heavy atom. The third-order valence-corrected chi connectivity index (χ3v) is 10.2. The quantitative estimate of drug-likeness (QED) is 0.358. The van der Waals surface area contributed by atoms with Crippen LogP contribution in [-0.4, -0.2) is 12.3 Å². The van der Waals surface area contributed by atoms with Crippen molar-refractivity contribution in [2.24, 2.45) is 0 Å². The van der Waals surface area contributed by atoms with Gasteiger partial charge in [-0.2, -0.15) is 0 Å². The third-order valence-electron chi connectivity index (χ3n) is 4.82. The van der Waals surface area contributed by atoms with Gasteiger partial charge in [-0.15, -0.1) is 0 Å². The second-order valence-corrected chi connectivity index (χ2v) is 11.3. The fourth-order valence-corrected chi connectivity index (χ4v) is 8.80. The van der Waals surface area contributed by atoms with Crippen molar-refractivity contribution in [3.05, 3.63) is 121 Å². The molecule has 0 heterocycles. The smallest absolute Gasteiger partial charge is 0.0195 e. The van der Waals surface area contributed by atoms with Crippen LogP contribution < -0.4 is 38.2 Å². The van der Waals surface area contributed by atoms with Gasteiger partial charge in [0.2, 0.25) is 0 Å². The SMILES string of the molecule is [Br-].c1ccc(P(CCP(c2ccccc2)c2ccccc2)c2ccccc2)cc1. The molecule has 0 aromatic heterocycles. The van der Waals surface area contributed by atoms with Crippen molar-refractivity contribution >= 4 is 37.1 Å². The molecule has 0 bridgehead atoms. The first-order chi connectivity index (χ1) is 13.9. The summed E-state index contributed by atoms with van der Waals surface area (Å²) in [5, 5.41) is 5.89. The average molecular weight is 478 g/mol. The van der Waals surface area contributed by atoms with Gasteiger partial charge in [0.05, 0.1) is 0 Å². The van der Waals surface area contributed by atoms with Gasteiger partial charge in [-0.1, -0.05) is 121 Å². The van der Waals surface area contributed by atoms with E-state index in [-0.39, 0.29) is 32.8 Å². The van der Waals surface area contributed by atoms with Gasteiger partial charge in [-0.05, 0) is 49.4 Å². The summed E-state index contributed by atoms with van der Waals surface area (Å²) in [6.45, 7) is 0. The summed E-state index contributed by atoms with van der Waals surface area (Å²) in [6.07, 6.45) is 2.41. The standard InChI is InChI=1S/C26H24P2.BrH/c1-5-13-23(14-6-1)27(24-15-7-2-8-16-24)21-22-28(25-17-9-3-10-18-25)26-19-11-4-12-20-26;/h1-20H,21-22H2;1H/p-1. The number of rotatable bonds is 7. The summed E-state index contributed by atoms with van der Waals surface area (Å²) in [5.74, 6) is 0. The third kappa shape index (κ3) is 5.86. The summed E-state index contributed by atoms with van der Waals surface area (Å²) in [4.78, 5) is 0. The van der Waals surface area contributed by atoms with Gasteiger partial charge in [-0.25, -0.2) is 0 Å². The Bertz CT molecular complexity index is 798. The minimum Gasteiger partial charge on any atom is -1.00 e. The summed E-state index contributed by atoms with van der Waals surface area (Å²) in [6, 6.07) is 44.2. The molecule has 29 heavy (non-hydrogen) atoms. The molecule has 0 unspecified atom stereocenters. The molecule has 0 nitrogen and oxygen atoms in total. The summed E-state index contributed by atoms with van der Waals surface area (Å²) in [7, 11) is -0.696. The zero-order valence-corrected chi connectivity index (χ0v) is 19.6. The minimum atomic E-state index is -0.348. The number of hydrogen-bond donors (Lipinski definition) is 0. The van der Waals surface area contributed by atoms with Crippen LogP contribution in [0, 0.1) is 0 Å². The Kier molecular flexibility index (Phi) is 8.63. The maximum atomic E-state index is 2.30. The maximum Gasteiger partial charge on any atom is -0.0195 e. The van der Waals surface area contributed by atoms with Crippen molar-refractivity contribution in [3.8, 4) is 0 Å². The van der Waals surface area contributed by atoms with Crippen molar-refractivity contribution in [2.75, 3.05) is 12.3 Å². The van der Waals surface area contributed by atoms with E-state index in [2.05, 4.69) is 121 Å². The fraction of sp³-hybridized carbons (Fsp3) is 0.0769. The normalized spacial score (nSPS) is 10.7. The Morgan fingerprint density at radius 2 is 0.552 bits per heavy atom. The van der Waals surface area contributed by atoms with Gasteiger partial charge in [0.25, 0.3) is 0 Å². The largest absolute Gasteiger partial charge is 1.00 e. The molecule has 0 aliphatic carbocycles. The molecule has 0 aliphatic heterocycles. The van der Waals surface area contributed by atoms with E-state index >= 15 is 0 Å². The van der Waals surface area contributed by atoms with Crippen LogP contribution in [0.4, 0.5) is 0 Å². The van der Waals surface area contributed by atoms with E-state index in [1.54, 1.807) is 0 Å². The molecule has 0 amide bonds. The van der Waals surface area contributed by atoms with E-state index in [4.69, 9.17) is 0 Å². The van der Waals surface area contributed by atoms with Crippen molar-refractivity contribution in [1.82, 2.24) is 0 Å². The lowest BCUT2D eigenvalue weighted by atomic mass is 10.4. The first kappa shape index (κ1) is 21.9. The van der Waals surface area contributed by atoms with E-state index in [0.29, 0.717) is 0 Å². The fourth-order valence-electron chi connectivity index (χ4n) is 3.45. The summed E-state index contributed by atoms with van der Waals surface area (Å²) >= 11 is 0. The molecule has 0 saturated carbocycles. The average Bonchev–Trinajstić information content (AvgIpc) is 2.79. The molecule has 0 atom stereocenters. The Hall–Kier alpha value is -1.78. The van der Waals surface area contributed by atoms with Crippen molar-refractivity contribution in [2.45, 2.75) is 0 Å². The van der Waals surface area contributed by atoms with Gasteiger partial charge in [0.15, 0.2) is 0 Å². The van der Waals surface area contributed by atoms with Crippen LogP contribution in [0.25, 0.3) is 0 Å². The van der Waals surface area contributed by atoms with Gasteiger partial charge >= 0.3 is 0 Å². The summed E-state index contributed by atoms with van der Waals surface area (Å²) < 4.78 is 0. The molecule has 4 aromatic carbocycles. The molecule has 0 aliphatic rings. The van der Waals surface area contributed by atoms with E-state index in [9.17, 15) is 0 Å². The first-order valence-electron chi connectivity index (χ1n) is 9.67. The zero-order chi connectivity index (χ0) is 19.0. The zero-order valence-electron chi connectivity index (χ0n) is 16.2. The Labute approximate surface area is 187 Å². The Morgan fingerprint density at radius 1 is 0.345 bits per heavy atom. The highest BCUT2D eigenvalue weighted by molar-refractivity contribution is 7.76. The molecule has 0 radical (unpaired) electrons. The molecule has 0 N–H and O–H groups in total. The van der Waals surface area contributed by atoms with Crippen LogP contribution in [0.3, 0.4) is 0 Å². The van der Waals surface area contributed by atoms with Crippen LogP contribution in [-0.2, 0) is 0 Å². The Balaban J connectivity index is 0.00000240. The first-order valence-corrected chi connectivity index (χ1v) is 12.7. The number of benzene rings is 4. The van der Waals surface area contributed by atoms with Gasteiger partial charge < -0.3 is 17.0 Å². The number of halogens is 1. The number of hydrogen-bond acceptors (Lipinski definition) is 0. The second kappa shape index (κ2) is 11.4. The van der Waals surface area contributed by atoms with Crippen LogP contribution in [0.1, 0.15) is 0 Å². The lowest BCUT2D eigenvalue weighted by molar-refractivity contribution is -0.00000529. The highest BCUT2D eigenvalue weighted by atomic mass is 79.9. The lowest BCUT2D eigenvalue weighted by Crippen LogP contribution is -3.00. The van der Waals surface area contributed by atoms with Crippen LogP contribution in [0.2, 0.25) is 0 Å². The van der Waals surface area contributed by atoms with E-state index in [1.807, 2.05) is 0 Å². The van der Waals surface area contributed by atoms with Gasteiger partial charge in [0.1, 0.15) is 0 Å². The van der Waals surface area contributed by atoms with Crippen LogP contribution in [0.5, 0.6) is 0 Å². The summed E-state index contributed by atoms with van der Waals surface area (Å²) in [5.41, 5.74) is 0. The highest BCUT2D eigenvalue weighted by Gasteiger charge is 2.18. The highest BCUT2D eigenvalue weighted by Crippen LogP contribution is 2.41. The lowest BCUT2D eigenvalue weighted by Gasteiger charge is -2.24. The molecular formula is C26H24BrP2-. The molecule has 0 spiro atoms. The molecular weight excluding hydrogens is 454 g/mol. The molecule has 0 fully saturated rings. The molecule has 0 saturated heterocycles. The van der Waals surface area contributed by atoms with Crippen molar-refractivity contribution < 1.29 is 17.0 Å². The van der Waals surface area contributed by atoms with Crippen LogP contribution in [0.15, 0.2) is 121 Å². The van der Waals surface area contributed by atoms with E-state index in [1.165, 1.54) is 33.5 Å². The van der Waals surface area contributed by atoms with Gasteiger partial charge in [-0.3, -0.25) is 0 Å². The monoisotopic (exact) mass is 477 g/mol. The predicted octanol–water partition coefficient (Wildman–Crippen LogP) is 2.26. The van der Waals surface area contributed by atoms with E-state index in [0.717, 1.165) is 0 Å². The predicted molar refractivity (Wildman–Crippen MR) is 128 cm³/mol. The minimum absolute atomic E-state index is 0. The topological polar surface area (TPSA) is 0 Å². The molecule has 4 aromatic rings. The molecule has 3 heteroatoms. The second-order valence-electron chi connectivity index (χ2n) is 6.65. The van der Waals surface area contributed by atoms with Crippen molar-refractivity contribution in [3.63, 3.8) is 0 Å². The van der Waals surface area contributed by atoms with E-state index < -0.39 is 0 Å². The van der Waals surface area contributed by atoms with Crippen LogP contribution >= 0.6 is 15.8 Å². The molecule has 4 rings (SSSR count). The molecule has 146 valence electrons. The maximum absolute atomic E-state index is 2.30. The van der Waals surface area contributed by atoms with Gasteiger partial charge in [0, 0.05) is 0 Å². The van der Waals surface area contributed by atoms with Crippen molar-refractivity contribution in [1.29, 1.82) is 0 Å².